The van der Waals surface area contributed by atoms with Crippen LogP contribution < -0.4 is 10.6 Å². The van der Waals surface area contributed by atoms with Crippen LogP contribution in [0, 0.1) is 12.8 Å². The van der Waals surface area contributed by atoms with Crippen molar-refractivity contribution in [3.8, 4) is 0 Å². The predicted octanol–water partition coefficient (Wildman–Crippen LogP) is 2.76. The average Bonchev–Trinajstić information content (AvgIpc) is 2.87. The topological polar surface area (TPSA) is 54.0 Å². The molecule has 1 heterocycles. The molecule has 0 radical (unpaired) electrons. The Morgan fingerprint density at radius 3 is 2.94 bits per heavy atom. The van der Waals surface area contributed by atoms with Gasteiger partial charge in [0.2, 0.25) is 0 Å². The summed E-state index contributed by atoms with van der Waals surface area (Å²) in [4.78, 5) is 15.7. The number of nitrogens with zero attached hydrogens (tertiary/aromatic N) is 1. The van der Waals surface area contributed by atoms with E-state index in [2.05, 4.69) is 15.6 Å². The molecule has 5 heteroatoms. The second-order valence-electron chi connectivity index (χ2n) is 4.28. The third-order valence-corrected chi connectivity index (χ3v) is 3.74. The maximum absolute atomic E-state index is 11.5. The summed E-state index contributed by atoms with van der Waals surface area (Å²) in [5, 5.41) is 8.23. The highest BCUT2D eigenvalue weighted by Crippen LogP contribution is 2.23. The summed E-state index contributed by atoms with van der Waals surface area (Å²) in [6.45, 7) is 2.70. The number of nitrogens with one attached hydrogen (secondary N) is 2. The molecule has 0 atom stereocenters. The van der Waals surface area contributed by atoms with Gasteiger partial charge in [-0.2, -0.15) is 0 Å². The number of hydrogen-bond acceptors (Lipinski definition) is 3. The van der Waals surface area contributed by atoms with Gasteiger partial charge in [0.15, 0.2) is 5.13 Å². The van der Waals surface area contributed by atoms with Gasteiger partial charge in [0.25, 0.3) is 0 Å². The van der Waals surface area contributed by atoms with Gasteiger partial charge in [-0.1, -0.05) is 12.8 Å². The number of rotatable bonds is 3. The van der Waals surface area contributed by atoms with E-state index in [9.17, 15) is 4.79 Å². The lowest BCUT2D eigenvalue weighted by molar-refractivity contribution is 0.250. The molecule has 88 valence electrons. The van der Waals surface area contributed by atoms with E-state index in [1.165, 1.54) is 37.0 Å². The van der Waals surface area contributed by atoms with Gasteiger partial charge in [0.05, 0.1) is 5.69 Å². The van der Waals surface area contributed by atoms with Crippen molar-refractivity contribution in [1.29, 1.82) is 0 Å². The largest absolute Gasteiger partial charge is 0.338 e. The van der Waals surface area contributed by atoms with Crippen LogP contribution in [0.25, 0.3) is 0 Å². The van der Waals surface area contributed by atoms with E-state index >= 15 is 0 Å². The van der Waals surface area contributed by atoms with Crippen LogP contribution in [0.15, 0.2) is 5.38 Å². The minimum absolute atomic E-state index is 0.138. The molecule has 1 saturated carbocycles. The molecule has 1 fully saturated rings. The van der Waals surface area contributed by atoms with Crippen LogP contribution in [-0.2, 0) is 0 Å². The Balaban J connectivity index is 1.71. The Bertz CT molecular complexity index is 358. The van der Waals surface area contributed by atoms with Crippen molar-refractivity contribution in [3.05, 3.63) is 11.1 Å². The molecule has 0 spiro atoms. The average molecular weight is 239 g/mol. The first-order valence-corrected chi connectivity index (χ1v) is 6.59. The fourth-order valence-corrected chi connectivity index (χ4v) is 2.69. The van der Waals surface area contributed by atoms with Gasteiger partial charge < -0.3 is 5.32 Å². The molecular formula is C11H17N3OS. The summed E-state index contributed by atoms with van der Waals surface area (Å²) in [5.74, 6) is 0.670. The van der Waals surface area contributed by atoms with Crippen LogP contribution in [0.2, 0.25) is 0 Å². The predicted molar refractivity (Wildman–Crippen MR) is 65.8 cm³/mol. The van der Waals surface area contributed by atoms with Gasteiger partial charge in [-0.25, -0.2) is 9.78 Å². The molecular weight excluding hydrogens is 222 g/mol. The van der Waals surface area contributed by atoms with Gasteiger partial charge in [0, 0.05) is 11.9 Å². The summed E-state index contributed by atoms with van der Waals surface area (Å²) in [6.07, 6.45) is 5.10. The van der Waals surface area contributed by atoms with E-state index in [4.69, 9.17) is 0 Å². The number of hydrogen-bond donors (Lipinski definition) is 2. The second kappa shape index (κ2) is 5.30. The van der Waals surface area contributed by atoms with E-state index in [1.807, 2.05) is 12.3 Å². The van der Waals surface area contributed by atoms with E-state index < -0.39 is 0 Å². The lowest BCUT2D eigenvalue weighted by Gasteiger charge is -2.10. The molecule has 1 aliphatic carbocycles. The Hall–Kier alpha value is -1.10. The van der Waals surface area contributed by atoms with E-state index in [0.29, 0.717) is 11.0 Å². The summed E-state index contributed by atoms with van der Waals surface area (Å²) in [6, 6.07) is -0.138. The summed E-state index contributed by atoms with van der Waals surface area (Å²) in [7, 11) is 0. The molecule has 2 amide bonds. The van der Waals surface area contributed by atoms with Crippen LogP contribution in [0.1, 0.15) is 31.4 Å². The zero-order chi connectivity index (χ0) is 11.4. The Labute approximate surface area is 99.5 Å². The molecule has 0 bridgehead atoms. The monoisotopic (exact) mass is 239 g/mol. The molecule has 4 nitrogen and oxygen atoms in total. The maximum Gasteiger partial charge on any atom is 0.321 e. The van der Waals surface area contributed by atoms with Gasteiger partial charge >= 0.3 is 6.03 Å². The number of anilines is 1. The zero-order valence-electron chi connectivity index (χ0n) is 9.45. The van der Waals surface area contributed by atoms with Crippen LogP contribution in [0.5, 0.6) is 0 Å². The minimum Gasteiger partial charge on any atom is -0.338 e. The quantitative estimate of drug-likeness (QED) is 0.852. The Kier molecular flexibility index (Phi) is 3.77. The number of urea groups is 1. The van der Waals surface area contributed by atoms with Gasteiger partial charge in [-0.15, -0.1) is 11.3 Å². The summed E-state index contributed by atoms with van der Waals surface area (Å²) >= 11 is 1.45. The Morgan fingerprint density at radius 1 is 1.56 bits per heavy atom. The van der Waals surface area contributed by atoms with Crippen molar-refractivity contribution in [2.24, 2.45) is 5.92 Å². The molecule has 16 heavy (non-hydrogen) atoms. The number of carbonyl (C=O) groups excluding carboxylic acids is 1. The third kappa shape index (κ3) is 3.20. The molecule has 1 aromatic heterocycles. The highest BCUT2D eigenvalue weighted by Gasteiger charge is 2.15. The van der Waals surface area contributed by atoms with Crippen molar-refractivity contribution in [2.45, 2.75) is 32.6 Å². The minimum atomic E-state index is -0.138. The number of carbonyl (C=O) groups is 1. The van der Waals surface area contributed by atoms with Crippen molar-refractivity contribution in [3.63, 3.8) is 0 Å². The standard InChI is InChI=1S/C11H17N3OS/c1-8-7-16-11(13-8)14-10(15)12-6-9-4-2-3-5-9/h7,9H,2-6H2,1H3,(H2,12,13,14,15). The first-order chi connectivity index (χ1) is 7.74. The van der Waals surface area contributed by atoms with E-state index in [-0.39, 0.29) is 6.03 Å². The SMILES string of the molecule is Cc1csc(NC(=O)NCC2CCCC2)n1. The lowest BCUT2D eigenvalue weighted by Crippen LogP contribution is -2.32. The first kappa shape index (κ1) is 11.4. The van der Waals surface area contributed by atoms with E-state index in [1.54, 1.807) is 0 Å². The van der Waals surface area contributed by atoms with Crippen molar-refractivity contribution < 1.29 is 4.79 Å². The maximum atomic E-state index is 11.5. The van der Waals surface area contributed by atoms with Crippen LogP contribution in [0.3, 0.4) is 0 Å². The smallest absolute Gasteiger partial charge is 0.321 e. The van der Waals surface area contributed by atoms with Crippen molar-refractivity contribution in [1.82, 2.24) is 10.3 Å². The number of aromatic nitrogens is 1. The van der Waals surface area contributed by atoms with Crippen molar-refractivity contribution in [2.75, 3.05) is 11.9 Å². The highest BCUT2D eigenvalue weighted by molar-refractivity contribution is 7.13. The molecule has 2 rings (SSSR count). The third-order valence-electron chi connectivity index (χ3n) is 2.87. The molecule has 0 saturated heterocycles. The molecule has 0 aromatic carbocycles. The molecule has 1 aliphatic rings. The fraction of sp³-hybridized carbons (Fsp3) is 0.636. The zero-order valence-corrected chi connectivity index (χ0v) is 10.3. The highest BCUT2D eigenvalue weighted by atomic mass is 32.1. The van der Waals surface area contributed by atoms with Crippen molar-refractivity contribution >= 4 is 22.5 Å². The first-order valence-electron chi connectivity index (χ1n) is 5.71. The second-order valence-corrected chi connectivity index (χ2v) is 5.14. The van der Waals surface area contributed by atoms with Crippen LogP contribution in [-0.4, -0.2) is 17.6 Å². The molecule has 0 unspecified atom stereocenters. The van der Waals surface area contributed by atoms with E-state index in [0.717, 1.165) is 12.2 Å². The van der Waals surface area contributed by atoms with Gasteiger partial charge in [-0.05, 0) is 25.7 Å². The molecule has 1 aromatic rings. The van der Waals surface area contributed by atoms with Crippen LogP contribution in [0.4, 0.5) is 9.93 Å². The fourth-order valence-electron chi connectivity index (χ4n) is 2.00. The van der Waals surface area contributed by atoms with Gasteiger partial charge in [0.1, 0.15) is 0 Å². The number of amides is 2. The van der Waals surface area contributed by atoms with Gasteiger partial charge in [-0.3, -0.25) is 5.32 Å². The lowest BCUT2D eigenvalue weighted by atomic mass is 10.1. The number of aryl methyl sites for hydroxylation is 1. The molecule has 0 aliphatic heterocycles. The summed E-state index contributed by atoms with van der Waals surface area (Å²) in [5.41, 5.74) is 0.941. The Morgan fingerprint density at radius 2 is 2.31 bits per heavy atom. The van der Waals surface area contributed by atoms with Crippen LogP contribution >= 0.6 is 11.3 Å². The normalized spacial score (nSPS) is 16.3. The summed E-state index contributed by atoms with van der Waals surface area (Å²) < 4.78 is 0. The molecule has 2 N–H and O–H groups in total. The number of thiazole rings is 1.